The summed E-state index contributed by atoms with van der Waals surface area (Å²) in [5, 5.41) is 0.568. The largest absolute Gasteiger partial charge is 0.497 e. The minimum absolute atomic E-state index is 0.166. The molecule has 0 atom stereocenters. The maximum atomic E-state index is 12.3. The van der Waals surface area contributed by atoms with E-state index in [0.29, 0.717) is 33.2 Å². The summed E-state index contributed by atoms with van der Waals surface area (Å²) in [4.78, 5) is 28.8. The van der Waals surface area contributed by atoms with Crippen LogP contribution in [0.3, 0.4) is 0 Å². The van der Waals surface area contributed by atoms with Crippen LogP contribution in [0.25, 0.3) is 6.08 Å². The second-order valence-corrected chi connectivity index (χ2v) is 7.39. The first kappa shape index (κ1) is 21.3. The van der Waals surface area contributed by atoms with E-state index in [-0.39, 0.29) is 11.6 Å². The van der Waals surface area contributed by atoms with Crippen molar-refractivity contribution in [2.45, 2.75) is 6.92 Å². The van der Waals surface area contributed by atoms with E-state index in [1.807, 2.05) is 13.0 Å². The standard InChI is InChI=1S/C25H18ClNO5/c1-15-3-6-18(14-21(15)26)23-27-22(25(29)32-23)13-16-4-9-20(10-5-16)31-24(28)17-7-11-19(30-2)12-8-17/h3-14H,1-2H3/b22-13-. The molecule has 7 heteroatoms. The molecule has 0 spiro atoms. The third-order valence-electron chi connectivity index (χ3n) is 4.76. The number of cyclic esters (lactones) is 1. The number of halogens is 1. The summed E-state index contributed by atoms with van der Waals surface area (Å²) in [6.45, 7) is 1.89. The molecule has 32 heavy (non-hydrogen) atoms. The number of esters is 2. The Kier molecular flexibility index (Phi) is 6.05. The van der Waals surface area contributed by atoms with Crippen LogP contribution in [0.1, 0.15) is 27.0 Å². The van der Waals surface area contributed by atoms with Gasteiger partial charge in [0.2, 0.25) is 5.90 Å². The van der Waals surface area contributed by atoms with Gasteiger partial charge < -0.3 is 14.2 Å². The fourth-order valence-corrected chi connectivity index (χ4v) is 3.12. The highest BCUT2D eigenvalue weighted by Gasteiger charge is 2.24. The topological polar surface area (TPSA) is 74.2 Å². The van der Waals surface area contributed by atoms with Gasteiger partial charge in [-0.3, -0.25) is 0 Å². The molecular formula is C25H18ClNO5. The summed E-state index contributed by atoms with van der Waals surface area (Å²) < 4.78 is 15.7. The van der Waals surface area contributed by atoms with Gasteiger partial charge in [0.05, 0.1) is 12.7 Å². The number of benzene rings is 3. The first-order chi connectivity index (χ1) is 15.4. The highest BCUT2D eigenvalue weighted by Crippen LogP contribution is 2.24. The number of ether oxygens (including phenoxy) is 3. The molecule has 3 aromatic carbocycles. The van der Waals surface area contributed by atoms with E-state index < -0.39 is 11.9 Å². The third-order valence-corrected chi connectivity index (χ3v) is 5.17. The van der Waals surface area contributed by atoms with E-state index in [9.17, 15) is 9.59 Å². The van der Waals surface area contributed by atoms with Crippen LogP contribution >= 0.6 is 11.6 Å². The molecule has 0 unspecified atom stereocenters. The van der Waals surface area contributed by atoms with Crippen LogP contribution in [-0.4, -0.2) is 24.9 Å². The van der Waals surface area contributed by atoms with Gasteiger partial charge in [0.25, 0.3) is 0 Å². The molecule has 0 aromatic heterocycles. The van der Waals surface area contributed by atoms with E-state index in [1.54, 1.807) is 73.8 Å². The van der Waals surface area contributed by atoms with Gasteiger partial charge in [0, 0.05) is 10.6 Å². The number of methoxy groups -OCH3 is 1. The number of aliphatic imine (C=N–C) groups is 1. The van der Waals surface area contributed by atoms with Crippen molar-refractivity contribution < 1.29 is 23.8 Å². The Balaban J connectivity index is 1.47. The molecule has 4 rings (SSSR count). The van der Waals surface area contributed by atoms with Crippen LogP contribution < -0.4 is 9.47 Å². The fourth-order valence-electron chi connectivity index (χ4n) is 2.94. The van der Waals surface area contributed by atoms with E-state index >= 15 is 0 Å². The molecular weight excluding hydrogens is 430 g/mol. The smallest absolute Gasteiger partial charge is 0.363 e. The Bertz CT molecular complexity index is 1240. The first-order valence-corrected chi connectivity index (χ1v) is 10.1. The van der Waals surface area contributed by atoms with E-state index in [2.05, 4.69) is 4.99 Å². The lowest BCUT2D eigenvalue weighted by Crippen LogP contribution is -2.08. The molecule has 0 saturated carbocycles. The van der Waals surface area contributed by atoms with Crippen molar-refractivity contribution >= 4 is 35.5 Å². The van der Waals surface area contributed by atoms with Crippen LogP contribution in [0.5, 0.6) is 11.5 Å². The van der Waals surface area contributed by atoms with Crippen molar-refractivity contribution in [3.8, 4) is 11.5 Å². The van der Waals surface area contributed by atoms with Gasteiger partial charge in [-0.1, -0.05) is 29.8 Å². The average molecular weight is 448 g/mol. The summed E-state index contributed by atoms with van der Waals surface area (Å²) >= 11 is 6.15. The maximum absolute atomic E-state index is 12.3. The van der Waals surface area contributed by atoms with E-state index in [4.69, 9.17) is 25.8 Å². The summed E-state index contributed by atoms with van der Waals surface area (Å²) in [6, 6.07) is 18.7. The summed E-state index contributed by atoms with van der Waals surface area (Å²) in [5.41, 5.74) is 2.82. The lowest BCUT2D eigenvalue weighted by atomic mass is 10.1. The van der Waals surface area contributed by atoms with Crippen LogP contribution in [0.2, 0.25) is 5.02 Å². The van der Waals surface area contributed by atoms with Crippen molar-refractivity contribution in [2.75, 3.05) is 7.11 Å². The normalized spacial score (nSPS) is 14.2. The summed E-state index contributed by atoms with van der Waals surface area (Å²) in [6.07, 6.45) is 1.60. The van der Waals surface area contributed by atoms with E-state index in [0.717, 1.165) is 5.56 Å². The first-order valence-electron chi connectivity index (χ1n) is 9.68. The van der Waals surface area contributed by atoms with Crippen LogP contribution in [0, 0.1) is 6.92 Å². The molecule has 0 bridgehead atoms. The molecule has 160 valence electrons. The molecule has 6 nitrogen and oxygen atoms in total. The van der Waals surface area contributed by atoms with Gasteiger partial charge in [0.1, 0.15) is 11.5 Å². The Morgan fingerprint density at radius 1 is 1.00 bits per heavy atom. The summed E-state index contributed by atoms with van der Waals surface area (Å²) in [5.74, 6) is 0.199. The van der Waals surface area contributed by atoms with Crippen molar-refractivity contribution in [3.63, 3.8) is 0 Å². The van der Waals surface area contributed by atoms with Gasteiger partial charge in [-0.15, -0.1) is 0 Å². The number of rotatable bonds is 5. The van der Waals surface area contributed by atoms with Gasteiger partial charge in [-0.25, -0.2) is 14.6 Å². The number of aryl methyl sites for hydroxylation is 1. The fraction of sp³-hybridized carbons (Fsp3) is 0.0800. The SMILES string of the molecule is COc1ccc(C(=O)Oc2ccc(/C=C3\N=C(c4ccc(C)c(Cl)c4)OC3=O)cc2)cc1. The molecule has 1 aliphatic rings. The number of hydrogen-bond donors (Lipinski definition) is 0. The zero-order chi connectivity index (χ0) is 22.7. The number of carbonyl (C=O) groups is 2. The molecule has 0 fully saturated rings. The minimum atomic E-state index is -0.549. The van der Waals surface area contributed by atoms with Gasteiger partial charge in [0.15, 0.2) is 5.70 Å². The molecule has 0 N–H and O–H groups in total. The van der Waals surface area contributed by atoms with Crippen LogP contribution in [0.15, 0.2) is 77.4 Å². The maximum Gasteiger partial charge on any atom is 0.363 e. The van der Waals surface area contributed by atoms with Crippen molar-refractivity contribution in [2.24, 2.45) is 4.99 Å². The lowest BCUT2D eigenvalue weighted by molar-refractivity contribution is -0.129. The third kappa shape index (κ3) is 4.71. The predicted molar refractivity (Wildman–Crippen MR) is 121 cm³/mol. The molecule has 0 amide bonds. The monoisotopic (exact) mass is 447 g/mol. The highest BCUT2D eigenvalue weighted by molar-refractivity contribution is 6.31. The van der Waals surface area contributed by atoms with Crippen LogP contribution in [-0.2, 0) is 9.53 Å². The number of carbonyl (C=O) groups excluding carboxylic acids is 2. The van der Waals surface area contributed by atoms with Crippen molar-refractivity contribution in [1.82, 2.24) is 0 Å². The molecule has 0 aliphatic carbocycles. The van der Waals surface area contributed by atoms with Gasteiger partial charge in [-0.2, -0.15) is 0 Å². The number of hydrogen-bond acceptors (Lipinski definition) is 6. The van der Waals surface area contributed by atoms with Gasteiger partial charge >= 0.3 is 11.9 Å². The lowest BCUT2D eigenvalue weighted by Gasteiger charge is -2.05. The quantitative estimate of drug-likeness (QED) is 0.304. The second kappa shape index (κ2) is 9.08. The predicted octanol–water partition coefficient (Wildman–Crippen LogP) is 5.22. The van der Waals surface area contributed by atoms with E-state index in [1.165, 1.54) is 0 Å². The summed E-state index contributed by atoms with van der Waals surface area (Å²) in [7, 11) is 1.56. The Hall–Kier alpha value is -3.90. The van der Waals surface area contributed by atoms with Crippen LogP contribution in [0.4, 0.5) is 0 Å². The average Bonchev–Trinajstić information content (AvgIpc) is 3.17. The molecule has 0 saturated heterocycles. The molecule has 1 heterocycles. The number of nitrogens with zero attached hydrogens (tertiary/aromatic N) is 1. The molecule has 1 aliphatic heterocycles. The van der Waals surface area contributed by atoms with Crippen molar-refractivity contribution in [1.29, 1.82) is 0 Å². The molecule has 0 radical (unpaired) electrons. The molecule has 3 aromatic rings. The highest BCUT2D eigenvalue weighted by atomic mass is 35.5. The Morgan fingerprint density at radius 3 is 2.34 bits per heavy atom. The second-order valence-electron chi connectivity index (χ2n) is 6.99. The zero-order valence-electron chi connectivity index (χ0n) is 17.3. The minimum Gasteiger partial charge on any atom is -0.497 e. The van der Waals surface area contributed by atoms with Gasteiger partial charge in [-0.05, 0) is 72.7 Å². The Labute approximate surface area is 189 Å². The zero-order valence-corrected chi connectivity index (χ0v) is 18.1. The Morgan fingerprint density at radius 2 is 1.69 bits per heavy atom. The van der Waals surface area contributed by atoms with Crippen molar-refractivity contribution in [3.05, 3.63) is 99.7 Å².